The molecule has 0 aromatic carbocycles. The van der Waals surface area contributed by atoms with Gasteiger partial charge in [0.05, 0.1) is 12.7 Å². The van der Waals surface area contributed by atoms with Crippen LogP contribution >= 0.6 is 0 Å². The van der Waals surface area contributed by atoms with Crippen LogP contribution in [0.5, 0.6) is 0 Å². The molecule has 1 amide bonds. The molecule has 0 saturated carbocycles. The average molecular weight is 276 g/mol. The molecule has 2 heterocycles. The molecule has 0 radical (unpaired) electrons. The van der Waals surface area contributed by atoms with Crippen molar-refractivity contribution in [3.8, 4) is 0 Å². The minimum atomic E-state index is -0.0640. The zero-order valence-electron chi connectivity index (χ0n) is 11.8. The molecule has 0 saturated heterocycles. The molecular weight excluding hydrogens is 256 g/mol. The van der Waals surface area contributed by atoms with Crippen molar-refractivity contribution < 1.29 is 4.79 Å². The van der Waals surface area contributed by atoms with E-state index < -0.39 is 0 Å². The molecule has 2 aromatic rings. The summed E-state index contributed by atoms with van der Waals surface area (Å²) in [6, 6.07) is 0. The number of hydrogen-bond donors (Lipinski definition) is 3. The monoisotopic (exact) mass is 276 g/mol. The molecule has 7 heteroatoms. The summed E-state index contributed by atoms with van der Waals surface area (Å²) in [5.41, 5.74) is 0.705. The highest BCUT2D eigenvalue weighted by atomic mass is 16.1. The Morgan fingerprint density at radius 2 is 2.20 bits per heavy atom. The van der Waals surface area contributed by atoms with E-state index in [1.165, 1.54) is 0 Å². The number of nitrogens with one attached hydrogen (secondary N) is 3. The average Bonchev–Trinajstić information content (AvgIpc) is 2.91. The van der Waals surface area contributed by atoms with Gasteiger partial charge in [0.15, 0.2) is 11.5 Å². The van der Waals surface area contributed by atoms with Gasteiger partial charge in [0.1, 0.15) is 5.82 Å². The molecule has 0 bridgehead atoms. The smallest absolute Gasteiger partial charge is 0.239 e. The van der Waals surface area contributed by atoms with E-state index in [-0.39, 0.29) is 12.5 Å². The number of carbonyl (C=O) groups is 1. The standard InChI is InChI=1S/C13H20N6O/c1-3-5-15-10-9-19-7-6-16-13(19)12(18-10)17-8-11(20)14-4-2/h6-7,9,15H,3-5,8H2,1-2H3,(H,14,20)(H,17,18). The molecule has 0 fully saturated rings. The third kappa shape index (κ3) is 3.37. The van der Waals surface area contributed by atoms with Gasteiger partial charge in [0.25, 0.3) is 0 Å². The number of rotatable bonds is 7. The summed E-state index contributed by atoms with van der Waals surface area (Å²) in [5, 5.41) is 8.99. The first kappa shape index (κ1) is 14.1. The van der Waals surface area contributed by atoms with Gasteiger partial charge in [-0.15, -0.1) is 0 Å². The van der Waals surface area contributed by atoms with E-state index in [0.29, 0.717) is 18.0 Å². The molecule has 0 atom stereocenters. The van der Waals surface area contributed by atoms with Crippen LogP contribution in [-0.2, 0) is 4.79 Å². The summed E-state index contributed by atoms with van der Waals surface area (Å²) in [4.78, 5) is 20.2. The van der Waals surface area contributed by atoms with Gasteiger partial charge in [-0.25, -0.2) is 9.97 Å². The van der Waals surface area contributed by atoms with Crippen molar-refractivity contribution in [3.63, 3.8) is 0 Å². The van der Waals surface area contributed by atoms with E-state index in [0.717, 1.165) is 18.8 Å². The number of imidazole rings is 1. The van der Waals surface area contributed by atoms with Gasteiger partial charge in [-0.3, -0.25) is 4.79 Å². The van der Waals surface area contributed by atoms with Crippen LogP contribution in [0.1, 0.15) is 20.3 Å². The maximum Gasteiger partial charge on any atom is 0.239 e. The van der Waals surface area contributed by atoms with Gasteiger partial charge in [-0.05, 0) is 13.3 Å². The van der Waals surface area contributed by atoms with E-state index in [9.17, 15) is 4.79 Å². The van der Waals surface area contributed by atoms with Crippen molar-refractivity contribution >= 4 is 23.2 Å². The minimum Gasteiger partial charge on any atom is -0.369 e. The lowest BCUT2D eigenvalue weighted by Gasteiger charge is -2.10. The van der Waals surface area contributed by atoms with Crippen LogP contribution in [-0.4, -0.2) is 39.9 Å². The summed E-state index contributed by atoms with van der Waals surface area (Å²) in [6.07, 6.45) is 6.46. The first-order valence-corrected chi connectivity index (χ1v) is 6.82. The lowest BCUT2D eigenvalue weighted by molar-refractivity contribution is -0.119. The number of anilines is 2. The highest BCUT2D eigenvalue weighted by molar-refractivity contribution is 5.81. The van der Waals surface area contributed by atoms with E-state index in [1.54, 1.807) is 6.20 Å². The van der Waals surface area contributed by atoms with Gasteiger partial charge >= 0.3 is 0 Å². The van der Waals surface area contributed by atoms with E-state index >= 15 is 0 Å². The fraction of sp³-hybridized carbons (Fsp3) is 0.462. The Balaban J connectivity index is 2.16. The van der Waals surface area contributed by atoms with Crippen LogP contribution in [0.4, 0.5) is 11.6 Å². The lowest BCUT2D eigenvalue weighted by Crippen LogP contribution is -2.29. The summed E-state index contributed by atoms with van der Waals surface area (Å²) in [7, 11) is 0. The van der Waals surface area contributed by atoms with Crippen molar-refractivity contribution in [2.45, 2.75) is 20.3 Å². The van der Waals surface area contributed by atoms with E-state index in [2.05, 4.69) is 32.8 Å². The quantitative estimate of drug-likeness (QED) is 0.705. The van der Waals surface area contributed by atoms with Crippen molar-refractivity contribution in [2.24, 2.45) is 0 Å². The zero-order chi connectivity index (χ0) is 14.4. The largest absolute Gasteiger partial charge is 0.369 e. The number of nitrogens with zero attached hydrogens (tertiary/aromatic N) is 3. The molecule has 0 aliphatic heterocycles. The number of likely N-dealkylation sites (N-methyl/N-ethyl adjacent to an activating group) is 1. The van der Waals surface area contributed by atoms with Crippen molar-refractivity contribution in [3.05, 3.63) is 18.6 Å². The first-order chi connectivity index (χ1) is 9.74. The van der Waals surface area contributed by atoms with E-state index in [1.807, 2.05) is 23.7 Å². The van der Waals surface area contributed by atoms with E-state index in [4.69, 9.17) is 0 Å². The fourth-order valence-corrected chi connectivity index (χ4v) is 1.81. The molecule has 7 nitrogen and oxygen atoms in total. The molecule has 0 aliphatic rings. The molecule has 0 aliphatic carbocycles. The third-order valence-electron chi connectivity index (χ3n) is 2.72. The summed E-state index contributed by atoms with van der Waals surface area (Å²) in [5.74, 6) is 1.30. The number of aromatic nitrogens is 3. The minimum absolute atomic E-state index is 0.0640. The van der Waals surface area contributed by atoms with Gasteiger partial charge in [-0.2, -0.15) is 0 Å². The van der Waals surface area contributed by atoms with Gasteiger partial charge in [0, 0.05) is 25.5 Å². The van der Waals surface area contributed by atoms with Crippen LogP contribution in [0.2, 0.25) is 0 Å². The predicted molar refractivity (Wildman–Crippen MR) is 78.9 cm³/mol. The number of carbonyl (C=O) groups excluding carboxylic acids is 1. The summed E-state index contributed by atoms with van der Waals surface area (Å²) >= 11 is 0. The number of amides is 1. The SMILES string of the molecule is CCCNc1cn2ccnc2c(NCC(=O)NCC)n1. The molecular formula is C13H20N6O. The highest BCUT2D eigenvalue weighted by Crippen LogP contribution is 2.16. The molecule has 0 unspecified atom stereocenters. The summed E-state index contributed by atoms with van der Waals surface area (Å²) in [6.45, 7) is 5.63. The second-order valence-corrected chi connectivity index (χ2v) is 4.37. The molecule has 3 N–H and O–H groups in total. The van der Waals surface area contributed by atoms with Gasteiger partial charge in [-0.1, -0.05) is 6.92 Å². The van der Waals surface area contributed by atoms with Crippen LogP contribution < -0.4 is 16.0 Å². The van der Waals surface area contributed by atoms with Crippen molar-refractivity contribution in [1.82, 2.24) is 19.7 Å². The van der Waals surface area contributed by atoms with Crippen LogP contribution in [0.3, 0.4) is 0 Å². The van der Waals surface area contributed by atoms with Crippen LogP contribution in [0, 0.1) is 0 Å². The highest BCUT2D eigenvalue weighted by Gasteiger charge is 2.08. The molecule has 0 spiro atoms. The Bertz CT molecular complexity index is 579. The maximum absolute atomic E-state index is 11.5. The lowest BCUT2D eigenvalue weighted by atomic mass is 10.4. The second-order valence-electron chi connectivity index (χ2n) is 4.37. The Labute approximate surface area is 117 Å². The molecule has 20 heavy (non-hydrogen) atoms. The summed E-state index contributed by atoms with van der Waals surface area (Å²) < 4.78 is 1.88. The third-order valence-corrected chi connectivity index (χ3v) is 2.72. The number of fused-ring (bicyclic) bond motifs is 1. The van der Waals surface area contributed by atoms with Crippen molar-refractivity contribution in [2.75, 3.05) is 30.3 Å². The number of hydrogen-bond acceptors (Lipinski definition) is 5. The molecule has 108 valence electrons. The fourth-order valence-electron chi connectivity index (χ4n) is 1.81. The van der Waals surface area contributed by atoms with Gasteiger partial charge in [0.2, 0.25) is 5.91 Å². The maximum atomic E-state index is 11.5. The normalized spacial score (nSPS) is 10.5. The Kier molecular flexibility index (Phi) is 4.75. The molecule has 2 rings (SSSR count). The predicted octanol–water partition coefficient (Wildman–Crippen LogP) is 1.10. The zero-order valence-corrected chi connectivity index (χ0v) is 11.8. The van der Waals surface area contributed by atoms with Crippen molar-refractivity contribution in [1.29, 1.82) is 0 Å². The molecule has 2 aromatic heterocycles. The Morgan fingerprint density at radius 3 is 2.95 bits per heavy atom. The first-order valence-electron chi connectivity index (χ1n) is 6.82. The second kappa shape index (κ2) is 6.74. The Morgan fingerprint density at radius 1 is 1.35 bits per heavy atom. The Hall–Kier alpha value is -2.31. The van der Waals surface area contributed by atoms with Crippen LogP contribution in [0.25, 0.3) is 5.65 Å². The topological polar surface area (TPSA) is 83.3 Å². The van der Waals surface area contributed by atoms with Crippen LogP contribution in [0.15, 0.2) is 18.6 Å². The van der Waals surface area contributed by atoms with Gasteiger partial charge < -0.3 is 20.4 Å².